The fourth-order valence-electron chi connectivity index (χ4n) is 2.03. The van der Waals surface area contributed by atoms with E-state index in [4.69, 9.17) is 0 Å². The quantitative estimate of drug-likeness (QED) is 0.937. The number of nitrogens with zero attached hydrogens (tertiary/aromatic N) is 1. The van der Waals surface area contributed by atoms with Gasteiger partial charge in [0.15, 0.2) is 0 Å². The van der Waals surface area contributed by atoms with Crippen LogP contribution in [0.25, 0.3) is 0 Å². The normalized spacial score (nSPS) is 11.4. The van der Waals surface area contributed by atoms with Crippen molar-refractivity contribution >= 4 is 5.69 Å². The van der Waals surface area contributed by atoms with E-state index >= 15 is 0 Å². The molecule has 0 aliphatic rings. The van der Waals surface area contributed by atoms with Gasteiger partial charge in [0, 0.05) is 25.4 Å². The summed E-state index contributed by atoms with van der Waals surface area (Å²) in [5.41, 5.74) is -0.0206. The van der Waals surface area contributed by atoms with Crippen molar-refractivity contribution < 1.29 is 13.2 Å². The molecule has 0 radical (unpaired) electrons. The van der Waals surface area contributed by atoms with Gasteiger partial charge in [0.25, 0.3) is 5.56 Å². The predicted octanol–water partition coefficient (Wildman–Crippen LogP) is 3.50. The van der Waals surface area contributed by atoms with E-state index in [-0.39, 0.29) is 17.7 Å². The monoisotopic (exact) mass is 296 g/mol. The Balaban J connectivity index is 2.19. The molecule has 112 valence electrons. The van der Waals surface area contributed by atoms with Gasteiger partial charge in [-0.1, -0.05) is 18.2 Å². The number of rotatable bonds is 4. The Morgan fingerprint density at radius 3 is 2.52 bits per heavy atom. The van der Waals surface area contributed by atoms with Crippen molar-refractivity contribution in [3.8, 4) is 0 Å². The third-order valence-corrected chi connectivity index (χ3v) is 3.13. The zero-order chi connectivity index (χ0) is 15.5. The van der Waals surface area contributed by atoms with Gasteiger partial charge in [-0.3, -0.25) is 4.79 Å². The van der Waals surface area contributed by atoms with E-state index in [9.17, 15) is 18.0 Å². The highest BCUT2D eigenvalue weighted by Crippen LogP contribution is 2.32. The first-order chi connectivity index (χ1) is 9.91. The van der Waals surface area contributed by atoms with E-state index in [2.05, 4.69) is 5.32 Å². The molecule has 1 aromatic heterocycles. The Bertz CT molecular complexity index is 677. The number of alkyl halides is 3. The van der Waals surface area contributed by atoms with Crippen LogP contribution >= 0.6 is 0 Å². The van der Waals surface area contributed by atoms with Crippen molar-refractivity contribution in [2.75, 3.05) is 5.32 Å². The standard InChI is InChI=1S/C15H15F3N2O/c1-2-20-10-12(7-8-14(20)21)19-9-11-5-3-4-6-13(11)15(16,17)18/h3-8,10,19H,2,9H2,1H3. The van der Waals surface area contributed by atoms with Crippen LogP contribution in [0.15, 0.2) is 47.4 Å². The van der Waals surface area contributed by atoms with Crippen LogP contribution in [-0.4, -0.2) is 4.57 Å². The Morgan fingerprint density at radius 2 is 1.86 bits per heavy atom. The smallest absolute Gasteiger partial charge is 0.380 e. The molecule has 0 saturated heterocycles. The van der Waals surface area contributed by atoms with Crippen LogP contribution in [0.2, 0.25) is 0 Å². The minimum absolute atomic E-state index is 0.0393. The highest BCUT2D eigenvalue weighted by Gasteiger charge is 2.32. The van der Waals surface area contributed by atoms with Gasteiger partial charge in [0.2, 0.25) is 0 Å². The fraction of sp³-hybridized carbons (Fsp3) is 0.267. The van der Waals surface area contributed by atoms with Crippen molar-refractivity contribution in [2.24, 2.45) is 0 Å². The number of hydrogen-bond donors (Lipinski definition) is 1. The van der Waals surface area contributed by atoms with Gasteiger partial charge in [0.1, 0.15) is 0 Å². The van der Waals surface area contributed by atoms with Crippen LogP contribution in [0.5, 0.6) is 0 Å². The van der Waals surface area contributed by atoms with Crippen molar-refractivity contribution in [1.29, 1.82) is 0 Å². The molecule has 1 heterocycles. The molecular formula is C15H15F3N2O. The second kappa shape index (κ2) is 6.03. The van der Waals surface area contributed by atoms with Gasteiger partial charge in [-0.2, -0.15) is 13.2 Å². The number of halogens is 3. The second-order valence-electron chi connectivity index (χ2n) is 4.55. The topological polar surface area (TPSA) is 34.0 Å². The van der Waals surface area contributed by atoms with Crippen LogP contribution in [0, 0.1) is 0 Å². The molecule has 0 fully saturated rings. The average molecular weight is 296 g/mol. The molecule has 0 bridgehead atoms. The third-order valence-electron chi connectivity index (χ3n) is 3.13. The van der Waals surface area contributed by atoms with Gasteiger partial charge in [0.05, 0.1) is 11.3 Å². The van der Waals surface area contributed by atoms with E-state index < -0.39 is 11.7 Å². The second-order valence-corrected chi connectivity index (χ2v) is 4.55. The molecule has 0 unspecified atom stereocenters. The number of anilines is 1. The maximum atomic E-state index is 12.9. The van der Waals surface area contributed by atoms with Gasteiger partial charge in [-0.05, 0) is 24.6 Å². The van der Waals surface area contributed by atoms with Gasteiger partial charge in [-0.15, -0.1) is 0 Å². The predicted molar refractivity (Wildman–Crippen MR) is 75.1 cm³/mol. The van der Waals surface area contributed by atoms with Crippen LogP contribution in [0.3, 0.4) is 0 Å². The first kappa shape index (κ1) is 15.2. The van der Waals surface area contributed by atoms with Gasteiger partial charge < -0.3 is 9.88 Å². The number of aryl methyl sites for hydroxylation is 1. The summed E-state index contributed by atoms with van der Waals surface area (Å²) in [7, 11) is 0. The lowest BCUT2D eigenvalue weighted by Gasteiger charge is -2.14. The molecule has 21 heavy (non-hydrogen) atoms. The van der Waals surface area contributed by atoms with Gasteiger partial charge in [-0.25, -0.2) is 0 Å². The summed E-state index contributed by atoms with van der Waals surface area (Å²) < 4.78 is 40.1. The summed E-state index contributed by atoms with van der Waals surface area (Å²) >= 11 is 0. The number of aromatic nitrogens is 1. The van der Waals surface area contributed by atoms with Crippen LogP contribution in [-0.2, 0) is 19.3 Å². The highest BCUT2D eigenvalue weighted by molar-refractivity contribution is 5.42. The SMILES string of the molecule is CCn1cc(NCc2ccccc2C(F)(F)F)ccc1=O. The highest BCUT2D eigenvalue weighted by atomic mass is 19.4. The number of pyridine rings is 1. The largest absolute Gasteiger partial charge is 0.416 e. The summed E-state index contributed by atoms with van der Waals surface area (Å²) in [4.78, 5) is 11.4. The van der Waals surface area contributed by atoms with Gasteiger partial charge >= 0.3 is 6.18 Å². The van der Waals surface area contributed by atoms with Crippen LogP contribution in [0.4, 0.5) is 18.9 Å². The van der Waals surface area contributed by atoms with Crippen molar-refractivity contribution in [2.45, 2.75) is 26.2 Å². The third kappa shape index (κ3) is 3.65. The number of benzene rings is 1. The molecule has 1 N–H and O–H groups in total. The molecule has 0 aliphatic carbocycles. The maximum Gasteiger partial charge on any atom is 0.416 e. The van der Waals surface area contributed by atoms with Crippen LogP contribution < -0.4 is 10.9 Å². The molecule has 0 amide bonds. The molecule has 1 aromatic carbocycles. The summed E-state index contributed by atoms with van der Waals surface area (Å²) in [5.74, 6) is 0. The molecule has 6 heteroatoms. The molecule has 2 aromatic rings. The molecule has 0 spiro atoms. The van der Waals surface area contributed by atoms with Crippen molar-refractivity contribution in [3.05, 3.63) is 64.1 Å². The molecular weight excluding hydrogens is 281 g/mol. The average Bonchev–Trinajstić information content (AvgIpc) is 2.45. The minimum Gasteiger partial charge on any atom is -0.380 e. The van der Waals surface area contributed by atoms with E-state index in [1.165, 1.54) is 22.8 Å². The summed E-state index contributed by atoms with van der Waals surface area (Å²) in [6.45, 7) is 2.37. The summed E-state index contributed by atoms with van der Waals surface area (Å²) in [6.07, 6.45) is -2.78. The fourth-order valence-corrected chi connectivity index (χ4v) is 2.03. The molecule has 0 atom stereocenters. The molecule has 0 saturated carbocycles. The van der Waals surface area contributed by atoms with E-state index in [0.29, 0.717) is 12.2 Å². The summed E-state index contributed by atoms with van der Waals surface area (Å²) in [5, 5.41) is 2.92. The molecule has 0 aliphatic heterocycles. The molecule has 2 rings (SSSR count). The minimum atomic E-state index is -4.37. The van der Waals surface area contributed by atoms with Crippen molar-refractivity contribution in [3.63, 3.8) is 0 Å². The van der Waals surface area contributed by atoms with Crippen molar-refractivity contribution in [1.82, 2.24) is 4.57 Å². The lowest BCUT2D eigenvalue weighted by atomic mass is 10.1. The Morgan fingerprint density at radius 1 is 1.14 bits per heavy atom. The lowest BCUT2D eigenvalue weighted by Crippen LogP contribution is -2.18. The first-order valence-corrected chi connectivity index (χ1v) is 6.51. The summed E-state index contributed by atoms with van der Waals surface area (Å²) in [6, 6.07) is 8.38. The molecule has 3 nitrogen and oxygen atoms in total. The number of hydrogen-bond acceptors (Lipinski definition) is 2. The van der Waals surface area contributed by atoms with E-state index in [0.717, 1.165) is 6.07 Å². The lowest BCUT2D eigenvalue weighted by molar-refractivity contribution is -0.138. The van der Waals surface area contributed by atoms with E-state index in [1.807, 2.05) is 6.92 Å². The Labute approximate surface area is 120 Å². The maximum absolute atomic E-state index is 12.9. The first-order valence-electron chi connectivity index (χ1n) is 6.51. The van der Waals surface area contributed by atoms with Crippen LogP contribution in [0.1, 0.15) is 18.1 Å². The number of nitrogens with one attached hydrogen (secondary N) is 1. The zero-order valence-corrected chi connectivity index (χ0v) is 11.4. The zero-order valence-electron chi connectivity index (χ0n) is 11.4. The Hall–Kier alpha value is -2.24. The van der Waals surface area contributed by atoms with E-state index in [1.54, 1.807) is 18.3 Å². The Kier molecular flexibility index (Phi) is 4.35.